The van der Waals surface area contributed by atoms with Crippen molar-refractivity contribution in [3.05, 3.63) is 29.6 Å². The molecule has 0 unspecified atom stereocenters. The zero-order valence-electron chi connectivity index (χ0n) is 17.2. The molecule has 0 saturated carbocycles. The van der Waals surface area contributed by atoms with Crippen LogP contribution in [0.3, 0.4) is 0 Å². The molecule has 28 heavy (non-hydrogen) atoms. The number of carbonyl (C=O) groups excluding carboxylic acids is 2. The number of carbonyl (C=O) groups is 2. The van der Waals surface area contributed by atoms with Crippen LogP contribution in [-0.4, -0.2) is 71.9 Å². The number of anilines is 1. The molecular weight excluding hydrogens is 359 g/mol. The first kappa shape index (κ1) is 20.6. The number of nitrogens with zero attached hydrogens (tertiary/aromatic N) is 3. The van der Waals surface area contributed by atoms with Gasteiger partial charge >= 0.3 is 6.03 Å². The van der Waals surface area contributed by atoms with Crippen LogP contribution in [0.1, 0.15) is 32.3 Å². The molecule has 1 aromatic rings. The first-order valence-electron chi connectivity index (χ1n) is 10.1. The van der Waals surface area contributed by atoms with Crippen molar-refractivity contribution in [2.45, 2.75) is 45.7 Å². The molecule has 6 nitrogen and oxygen atoms in total. The van der Waals surface area contributed by atoms with Crippen molar-refractivity contribution in [3.8, 4) is 0 Å². The fourth-order valence-corrected chi connectivity index (χ4v) is 4.04. The molecule has 3 atom stereocenters. The van der Waals surface area contributed by atoms with Gasteiger partial charge in [0.2, 0.25) is 5.91 Å². The summed E-state index contributed by atoms with van der Waals surface area (Å²) in [5, 5.41) is 2.80. The van der Waals surface area contributed by atoms with Crippen LogP contribution in [0.5, 0.6) is 0 Å². The van der Waals surface area contributed by atoms with Gasteiger partial charge < -0.3 is 15.1 Å². The first-order chi connectivity index (χ1) is 13.3. The Balaban J connectivity index is 1.60. The van der Waals surface area contributed by atoms with Crippen LogP contribution in [-0.2, 0) is 4.79 Å². The number of piperazine rings is 1. The van der Waals surface area contributed by atoms with Gasteiger partial charge in [-0.3, -0.25) is 9.69 Å². The summed E-state index contributed by atoms with van der Waals surface area (Å²) in [6.07, 6.45) is 1.53. The van der Waals surface area contributed by atoms with Gasteiger partial charge in [0.1, 0.15) is 5.82 Å². The fourth-order valence-electron chi connectivity index (χ4n) is 4.04. The molecule has 2 aliphatic rings. The lowest BCUT2D eigenvalue weighted by Gasteiger charge is -2.44. The van der Waals surface area contributed by atoms with Gasteiger partial charge in [0.05, 0.1) is 5.92 Å². The van der Waals surface area contributed by atoms with E-state index < -0.39 is 0 Å². The van der Waals surface area contributed by atoms with Crippen molar-refractivity contribution in [2.75, 3.05) is 38.5 Å². The van der Waals surface area contributed by atoms with E-state index >= 15 is 0 Å². The lowest BCUT2D eigenvalue weighted by molar-refractivity contribution is -0.121. The molecule has 0 aliphatic carbocycles. The molecule has 7 heteroatoms. The molecule has 0 spiro atoms. The third-order valence-corrected chi connectivity index (χ3v) is 6.13. The molecule has 0 radical (unpaired) electrons. The van der Waals surface area contributed by atoms with Crippen molar-refractivity contribution < 1.29 is 14.0 Å². The van der Waals surface area contributed by atoms with E-state index in [4.69, 9.17) is 0 Å². The number of urea groups is 1. The Morgan fingerprint density at radius 1 is 1.11 bits per heavy atom. The Morgan fingerprint density at radius 2 is 1.79 bits per heavy atom. The van der Waals surface area contributed by atoms with Gasteiger partial charge in [-0.25, -0.2) is 9.18 Å². The van der Waals surface area contributed by atoms with Crippen molar-refractivity contribution in [3.63, 3.8) is 0 Å². The number of rotatable bonds is 2. The summed E-state index contributed by atoms with van der Waals surface area (Å²) in [4.78, 5) is 31.7. The van der Waals surface area contributed by atoms with Crippen molar-refractivity contribution >= 4 is 17.6 Å². The number of halogens is 1. The topological polar surface area (TPSA) is 55.9 Å². The molecule has 0 bridgehead atoms. The van der Waals surface area contributed by atoms with E-state index in [1.165, 1.54) is 6.07 Å². The molecule has 2 aliphatic heterocycles. The summed E-state index contributed by atoms with van der Waals surface area (Å²) < 4.78 is 13.7. The zero-order valence-corrected chi connectivity index (χ0v) is 17.2. The van der Waals surface area contributed by atoms with Crippen LogP contribution in [0, 0.1) is 18.7 Å². The zero-order chi connectivity index (χ0) is 20.4. The van der Waals surface area contributed by atoms with Gasteiger partial charge in [-0.15, -0.1) is 0 Å². The predicted molar refractivity (Wildman–Crippen MR) is 108 cm³/mol. The molecule has 154 valence electrons. The third kappa shape index (κ3) is 4.46. The summed E-state index contributed by atoms with van der Waals surface area (Å²) in [7, 11) is 2.09. The molecule has 3 amide bonds. The molecule has 2 saturated heterocycles. The minimum absolute atomic E-state index is 0.0191. The van der Waals surface area contributed by atoms with E-state index in [1.807, 2.05) is 4.90 Å². The lowest BCUT2D eigenvalue weighted by Crippen LogP contribution is -2.60. The first-order valence-corrected chi connectivity index (χ1v) is 10.1. The van der Waals surface area contributed by atoms with Gasteiger partial charge in [-0.1, -0.05) is 6.07 Å². The standard InChI is InChI=1S/C21H31FN4O2/c1-14-7-8-18(10-19(14)22)23-20(27)17-6-5-9-25(13-17)21(28)26-11-15(2)24(4)16(3)12-26/h7-8,10,15-17H,5-6,9,11-13H2,1-4H3,(H,23,27)/t15-,16+,17-/m0/s1. The second kappa shape index (κ2) is 8.47. The summed E-state index contributed by atoms with van der Waals surface area (Å²) in [5.74, 6) is -0.762. The maximum absolute atomic E-state index is 13.7. The number of hydrogen-bond donors (Lipinski definition) is 1. The van der Waals surface area contributed by atoms with E-state index in [9.17, 15) is 14.0 Å². The largest absolute Gasteiger partial charge is 0.326 e. The SMILES string of the molecule is Cc1ccc(NC(=O)[C@H]2CCCN(C(=O)N3C[C@@H](C)N(C)[C@@H](C)C3)C2)cc1F. The van der Waals surface area contributed by atoms with Crippen LogP contribution in [0.15, 0.2) is 18.2 Å². The number of likely N-dealkylation sites (N-methyl/N-ethyl adjacent to an activating group) is 1. The summed E-state index contributed by atoms with van der Waals surface area (Å²) in [5.41, 5.74) is 1.00. The number of nitrogens with one attached hydrogen (secondary N) is 1. The van der Waals surface area contributed by atoms with Gasteiger partial charge in [0.15, 0.2) is 0 Å². The second-order valence-electron chi connectivity index (χ2n) is 8.29. The Bertz CT molecular complexity index is 729. The normalized spacial score (nSPS) is 26.2. The van der Waals surface area contributed by atoms with Crippen LogP contribution < -0.4 is 5.32 Å². The Kier molecular flexibility index (Phi) is 6.23. The highest BCUT2D eigenvalue weighted by Crippen LogP contribution is 2.22. The number of likely N-dealkylation sites (tertiary alicyclic amines) is 1. The van der Waals surface area contributed by atoms with E-state index in [0.717, 1.165) is 12.8 Å². The van der Waals surface area contributed by atoms with Gasteiger partial charge in [0.25, 0.3) is 0 Å². The van der Waals surface area contributed by atoms with Crippen molar-refractivity contribution in [1.29, 1.82) is 0 Å². The molecule has 0 aromatic heterocycles. The highest BCUT2D eigenvalue weighted by Gasteiger charge is 2.34. The van der Waals surface area contributed by atoms with E-state index in [0.29, 0.717) is 49.5 Å². The lowest BCUT2D eigenvalue weighted by atomic mass is 9.97. The average Bonchev–Trinajstić information content (AvgIpc) is 2.68. The van der Waals surface area contributed by atoms with Gasteiger partial charge in [0, 0.05) is 44.0 Å². The quantitative estimate of drug-likeness (QED) is 0.845. The molecule has 3 rings (SSSR count). The minimum atomic E-state index is -0.337. The highest BCUT2D eigenvalue weighted by atomic mass is 19.1. The Morgan fingerprint density at radius 3 is 2.43 bits per heavy atom. The molecule has 1 N–H and O–H groups in total. The van der Waals surface area contributed by atoms with Crippen LogP contribution in [0.4, 0.5) is 14.9 Å². The number of amides is 3. The maximum atomic E-state index is 13.7. The minimum Gasteiger partial charge on any atom is -0.326 e. The maximum Gasteiger partial charge on any atom is 0.320 e. The summed E-state index contributed by atoms with van der Waals surface area (Å²) in [6.45, 7) is 8.44. The van der Waals surface area contributed by atoms with E-state index in [-0.39, 0.29) is 23.7 Å². The van der Waals surface area contributed by atoms with E-state index in [2.05, 4.69) is 31.1 Å². The third-order valence-electron chi connectivity index (χ3n) is 6.13. The number of hydrogen-bond acceptors (Lipinski definition) is 3. The van der Waals surface area contributed by atoms with Gasteiger partial charge in [-0.2, -0.15) is 0 Å². The van der Waals surface area contributed by atoms with Gasteiger partial charge in [-0.05, 0) is 58.4 Å². The van der Waals surface area contributed by atoms with Crippen LogP contribution >= 0.6 is 0 Å². The molecule has 2 heterocycles. The monoisotopic (exact) mass is 390 g/mol. The van der Waals surface area contributed by atoms with Crippen LogP contribution in [0.25, 0.3) is 0 Å². The van der Waals surface area contributed by atoms with Crippen molar-refractivity contribution in [1.82, 2.24) is 14.7 Å². The highest BCUT2D eigenvalue weighted by molar-refractivity contribution is 5.93. The average molecular weight is 391 g/mol. The van der Waals surface area contributed by atoms with Crippen molar-refractivity contribution in [2.24, 2.45) is 5.92 Å². The molecule has 2 fully saturated rings. The Hall–Kier alpha value is -2.15. The fraction of sp³-hybridized carbons (Fsp3) is 0.619. The smallest absolute Gasteiger partial charge is 0.320 e. The molecule has 1 aromatic carbocycles. The second-order valence-corrected chi connectivity index (χ2v) is 8.29. The number of aryl methyl sites for hydroxylation is 1. The summed E-state index contributed by atoms with van der Waals surface area (Å²) >= 11 is 0. The predicted octanol–water partition coefficient (Wildman–Crippen LogP) is 2.93. The number of benzene rings is 1. The molecular formula is C21H31FN4O2. The van der Waals surface area contributed by atoms with Crippen LogP contribution in [0.2, 0.25) is 0 Å². The Labute approximate surface area is 166 Å². The number of piperidine rings is 1. The summed E-state index contributed by atoms with van der Waals surface area (Å²) in [6, 6.07) is 5.34. The van der Waals surface area contributed by atoms with E-state index in [1.54, 1.807) is 24.0 Å².